The molecule has 0 bridgehead atoms. The molecule has 0 aliphatic carbocycles. The van der Waals surface area contributed by atoms with Crippen molar-refractivity contribution in [1.29, 1.82) is 5.41 Å². The molecule has 2 aliphatic rings. The van der Waals surface area contributed by atoms with Crippen molar-refractivity contribution >= 4 is 23.8 Å². The Balaban J connectivity index is 2.57. The van der Waals surface area contributed by atoms with Crippen LogP contribution >= 0.6 is 0 Å². The molecule has 2 aliphatic heterocycles. The largest absolute Gasteiger partial charge is 0.456 e. The Bertz CT molecular complexity index is 647. The maximum atomic E-state index is 11.7. The monoisotopic (exact) mass is 389 g/mol. The Morgan fingerprint density at radius 3 is 1.96 bits per heavy atom. The molecule has 0 unspecified atom stereocenters. The van der Waals surface area contributed by atoms with Gasteiger partial charge in [-0.1, -0.05) is 0 Å². The molecule has 1 spiro atoms. The van der Waals surface area contributed by atoms with Gasteiger partial charge >= 0.3 is 17.9 Å². The highest BCUT2D eigenvalue weighted by atomic mass is 16.9. The predicted molar refractivity (Wildman–Crippen MR) is 85.3 cm³/mol. The van der Waals surface area contributed by atoms with Crippen molar-refractivity contribution in [2.75, 3.05) is 6.61 Å². The van der Waals surface area contributed by atoms with Crippen LogP contribution in [0.2, 0.25) is 0 Å². The Kier molecular flexibility index (Phi) is 5.78. The summed E-state index contributed by atoms with van der Waals surface area (Å²) in [5.41, 5.74) is 0. The minimum Gasteiger partial charge on any atom is -0.456 e. The zero-order valence-corrected chi connectivity index (χ0v) is 15.6. The molecule has 2 heterocycles. The van der Waals surface area contributed by atoms with Crippen molar-refractivity contribution in [1.82, 2.24) is 0 Å². The van der Waals surface area contributed by atoms with Gasteiger partial charge in [-0.3, -0.25) is 24.5 Å². The van der Waals surface area contributed by atoms with E-state index in [9.17, 15) is 19.5 Å². The van der Waals surface area contributed by atoms with Gasteiger partial charge in [0.25, 0.3) is 5.79 Å². The van der Waals surface area contributed by atoms with Gasteiger partial charge in [-0.2, -0.15) is 0 Å². The summed E-state index contributed by atoms with van der Waals surface area (Å²) in [5.74, 6) is -6.27. The summed E-state index contributed by atoms with van der Waals surface area (Å²) >= 11 is 0. The van der Waals surface area contributed by atoms with E-state index in [1.807, 2.05) is 0 Å². The van der Waals surface area contributed by atoms with E-state index in [4.69, 9.17) is 33.8 Å². The molecular weight excluding hydrogens is 366 g/mol. The molecule has 0 aromatic carbocycles. The Morgan fingerprint density at radius 1 is 1.04 bits per heavy atom. The lowest BCUT2D eigenvalue weighted by Crippen LogP contribution is -2.70. The smallest absolute Gasteiger partial charge is 0.303 e. The summed E-state index contributed by atoms with van der Waals surface area (Å²) in [6.45, 7) is 5.65. The summed E-state index contributed by atoms with van der Waals surface area (Å²) in [6.07, 6.45) is -5.51. The van der Waals surface area contributed by atoms with Crippen LogP contribution in [0, 0.1) is 5.41 Å². The lowest BCUT2D eigenvalue weighted by Gasteiger charge is -2.47. The van der Waals surface area contributed by atoms with E-state index in [0.717, 1.165) is 20.8 Å². The first-order chi connectivity index (χ1) is 12.4. The lowest BCUT2D eigenvalue weighted by atomic mass is 9.91. The van der Waals surface area contributed by atoms with Gasteiger partial charge in [-0.25, -0.2) is 0 Å². The van der Waals surface area contributed by atoms with Crippen LogP contribution in [0.1, 0.15) is 34.6 Å². The SMILES string of the molecule is CC(=O)O[C@@H]1[C@H](OC(C)=O)[C@@H](CO)O[C@@]2(OC(C)(C)OC2=N)[C@@H]1OC(C)=O. The minimum absolute atomic E-state index is 0.546. The Hall–Kier alpha value is -2.24. The normalized spacial score (nSPS) is 34.7. The van der Waals surface area contributed by atoms with E-state index >= 15 is 0 Å². The zero-order chi connectivity index (χ0) is 20.6. The topological polar surface area (TPSA) is 151 Å². The molecular formula is C16H23NO10. The predicted octanol–water partition coefficient (Wildman–Crippen LogP) is -0.371. The number of rotatable bonds is 4. The summed E-state index contributed by atoms with van der Waals surface area (Å²) < 4.78 is 32.4. The summed E-state index contributed by atoms with van der Waals surface area (Å²) in [5, 5.41) is 17.9. The molecule has 2 saturated heterocycles. The van der Waals surface area contributed by atoms with Gasteiger partial charge in [-0.05, 0) is 0 Å². The molecule has 0 radical (unpaired) electrons. The maximum absolute atomic E-state index is 11.7. The first kappa shape index (κ1) is 21.1. The second kappa shape index (κ2) is 7.41. The van der Waals surface area contributed by atoms with Crippen molar-refractivity contribution in [2.45, 2.75) is 70.6 Å². The quantitative estimate of drug-likeness (QED) is 0.481. The van der Waals surface area contributed by atoms with Gasteiger partial charge in [0.1, 0.15) is 6.10 Å². The molecule has 11 nitrogen and oxygen atoms in total. The van der Waals surface area contributed by atoms with Crippen LogP contribution in [-0.2, 0) is 42.8 Å². The number of nitrogens with one attached hydrogen (secondary N) is 1. The number of hydrogen-bond donors (Lipinski definition) is 2. The van der Waals surface area contributed by atoms with Crippen molar-refractivity contribution in [3.8, 4) is 0 Å². The van der Waals surface area contributed by atoms with Crippen LogP contribution in [0.15, 0.2) is 0 Å². The fraction of sp³-hybridized carbons (Fsp3) is 0.750. The van der Waals surface area contributed by atoms with Gasteiger partial charge in [0.2, 0.25) is 17.8 Å². The molecule has 0 amide bonds. The van der Waals surface area contributed by atoms with Gasteiger partial charge in [0, 0.05) is 34.6 Å². The highest BCUT2D eigenvalue weighted by molar-refractivity contribution is 5.84. The van der Waals surface area contributed by atoms with Crippen LogP contribution in [-0.4, -0.2) is 71.5 Å². The standard InChI is InChI=1S/C16H23NO10/c1-7(19)22-11-10(6-18)25-16(14(17)26-15(4,5)27-16)13(24-9(3)21)12(11)23-8(2)20/h10-13,17-18H,6H2,1-5H3/t10-,11-,12-,13-,16-/m1/s1. The number of esters is 3. The Labute approximate surface area is 155 Å². The number of hydrogen-bond acceptors (Lipinski definition) is 11. The molecule has 2 N–H and O–H groups in total. The number of aliphatic hydroxyl groups is 1. The van der Waals surface area contributed by atoms with E-state index in [2.05, 4.69) is 0 Å². The molecule has 27 heavy (non-hydrogen) atoms. The fourth-order valence-electron chi connectivity index (χ4n) is 3.09. The first-order valence-corrected chi connectivity index (χ1v) is 8.20. The third-order valence-corrected chi connectivity index (χ3v) is 3.83. The number of aliphatic hydroxyl groups excluding tert-OH is 1. The molecule has 0 aromatic heterocycles. The van der Waals surface area contributed by atoms with E-state index < -0.39 is 66.4 Å². The number of carbonyl (C=O) groups is 3. The second-order valence-corrected chi connectivity index (χ2v) is 6.62. The van der Waals surface area contributed by atoms with Crippen LogP contribution in [0.5, 0.6) is 0 Å². The van der Waals surface area contributed by atoms with Gasteiger partial charge < -0.3 is 28.8 Å². The molecule has 2 rings (SSSR count). The van der Waals surface area contributed by atoms with Gasteiger partial charge in [0.05, 0.1) is 6.61 Å². The average Bonchev–Trinajstić information content (AvgIpc) is 2.73. The maximum Gasteiger partial charge on any atom is 0.303 e. The number of carbonyl (C=O) groups excluding carboxylic acids is 3. The van der Waals surface area contributed by atoms with Gasteiger partial charge in [0.15, 0.2) is 12.2 Å². The molecule has 0 saturated carbocycles. The highest BCUT2D eigenvalue weighted by Gasteiger charge is 2.68. The van der Waals surface area contributed by atoms with Crippen molar-refractivity contribution < 1.29 is 47.9 Å². The van der Waals surface area contributed by atoms with Crippen molar-refractivity contribution in [3.05, 3.63) is 0 Å². The number of ether oxygens (including phenoxy) is 6. The molecule has 5 atom stereocenters. The summed E-state index contributed by atoms with van der Waals surface area (Å²) in [6, 6.07) is 0. The van der Waals surface area contributed by atoms with E-state index in [1.165, 1.54) is 13.8 Å². The third-order valence-electron chi connectivity index (χ3n) is 3.83. The zero-order valence-electron chi connectivity index (χ0n) is 15.6. The fourth-order valence-corrected chi connectivity index (χ4v) is 3.09. The van der Waals surface area contributed by atoms with Crippen LogP contribution in [0.3, 0.4) is 0 Å². The second-order valence-electron chi connectivity index (χ2n) is 6.62. The molecule has 152 valence electrons. The van der Waals surface area contributed by atoms with Gasteiger partial charge in [-0.15, -0.1) is 0 Å². The third kappa shape index (κ3) is 4.20. The lowest BCUT2D eigenvalue weighted by molar-refractivity contribution is -0.352. The van der Waals surface area contributed by atoms with Crippen LogP contribution in [0.25, 0.3) is 0 Å². The Morgan fingerprint density at radius 2 is 1.56 bits per heavy atom. The van der Waals surface area contributed by atoms with Crippen LogP contribution < -0.4 is 0 Å². The first-order valence-electron chi connectivity index (χ1n) is 8.20. The minimum atomic E-state index is -2.10. The van der Waals surface area contributed by atoms with Crippen molar-refractivity contribution in [3.63, 3.8) is 0 Å². The highest BCUT2D eigenvalue weighted by Crippen LogP contribution is 2.44. The summed E-state index contributed by atoms with van der Waals surface area (Å²) in [7, 11) is 0. The molecule has 11 heteroatoms. The van der Waals surface area contributed by atoms with Crippen molar-refractivity contribution in [2.24, 2.45) is 0 Å². The van der Waals surface area contributed by atoms with E-state index in [-0.39, 0.29) is 0 Å². The van der Waals surface area contributed by atoms with Crippen LogP contribution in [0.4, 0.5) is 0 Å². The van der Waals surface area contributed by atoms with E-state index in [0.29, 0.717) is 0 Å². The van der Waals surface area contributed by atoms with E-state index in [1.54, 1.807) is 0 Å². The molecule has 0 aromatic rings. The average molecular weight is 389 g/mol. The summed E-state index contributed by atoms with van der Waals surface area (Å²) in [4.78, 5) is 34.8. The molecule has 2 fully saturated rings.